The molecule has 108 valence electrons. The van der Waals surface area contributed by atoms with Gasteiger partial charge in [-0.15, -0.1) is 11.3 Å². The minimum Gasteiger partial charge on any atom is -0.465 e. The van der Waals surface area contributed by atoms with E-state index in [4.69, 9.17) is 5.26 Å². The van der Waals surface area contributed by atoms with Crippen molar-refractivity contribution < 1.29 is 9.53 Å². The molecule has 0 aromatic carbocycles. The number of ether oxygens (including phenoxy) is 1. The number of nitriles is 1. The average molecular weight is 303 g/mol. The number of esters is 1. The van der Waals surface area contributed by atoms with Crippen molar-refractivity contribution in [2.24, 2.45) is 0 Å². The number of carbonyl (C=O) groups is 1. The van der Waals surface area contributed by atoms with E-state index in [1.807, 2.05) is 13.0 Å². The van der Waals surface area contributed by atoms with Crippen LogP contribution in [0.15, 0.2) is 22.6 Å². The number of hydrogen-bond acceptors (Lipinski definition) is 6. The Balaban J connectivity index is 2.34. The van der Waals surface area contributed by atoms with Crippen LogP contribution in [0.1, 0.15) is 26.5 Å². The summed E-state index contributed by atoms with van der Waals surface area (Å²) in [6.45, 7) is 2.28. The number of carbonyl (C=O) groups excluding carboxylic acids is 1. The Bertz CT molecular complexity index is 771. The highest BCUT2D eigenvalue weighted by Gasteiger charge is 2.13. The first-order valence-electron chi connectivity index (χ1n) is 6.18. The standard InChI is InChI=1S/C14H13N3O3S/c1-9-12(21-8-16-9)3-4-17-7-11(14(19)20-2)5-10(6-15)13(17)18/h5,7-8H,3-4H2,1-2H3. The third kappa shape index (κ3) is 3.17. The summed E-state index contributed by atoms with van der Waals surface area (Å²) in [7, 11) is 1.25. The van der Waals surface area contributed by atoms with Gasteiger partial charge in [0.05, 0.1) is 23.9 Å². The van der Waals surface area contributed by atoms with Crippen LogP contribution in [0.2, 0.25) is 0 Å². The molecule has 0 radical (unpaired) electrons. The van der Waals surface area contributed by atoms with Crippen LogP contribution in [0.25, 0.3) is 0 Å². The van der Waals surface area contributed by atoms with Gasteiger partial charge in [0.1, 0.15) is 11.6 Å². The average Bonchev–Trinajstić information content (AvgIpc) is 2.90. The molecule has 0 atom stereocenters. The first kappa shape index (κ1) is 14.9. The molecule has 0 saturated heterocycles. The molecule has 0 saturated carbocycles. The Labute approximate surface area is 125 Å². The molecule has 7 heteroatoms. The van der Waals surface area contributed by atoms with Gasteiger partial charge in [0, 0.05) is 24.0 Å². The molecular weight excluding hydrogens is 290 g/mol. The molecule has 2 aromatic rings. The molecule has 0 bridgehead atoms. The smallest absolute Gasteiger partial charge is 0.339 e. The lowest BCUT2D eigenvalue weighted by atomic mass is 10.2. The van der Waals surface area contributed by atoms with Crippen LogP contribution in [-0.2, 0) is 17.7 Å². The molecule has 21 heavy (non-hydrogen) atoms. The van der Waals surface area contributed by atoms with Crippen LogP contribution in [-0.4, -0.2) is 22.6 Å². The van der Waals surface area contributed by atoms with Crippen LogP contribution in [0.3, 0.4) is 0 Å². The normalized spacial score (nSPS) is 10.1. The highest BCUT2D eigenvalue weighted by molar-refractivity contribution is 7.09. The monoisotopic (exact) mass is 303 g/mol. The van der Waals surface area contributed by atoms with Crippen molar-refractivity contribution in [1.82, 2.24) is 9.55 Å². The zero-order chi connectivity index (χ0) is 15.4. The number of aromatic nitrogens is 2. The Morgan fingerprint density at radius 3 is 2.90 bits per heavy atom. The summed E-state index contributed by atoms with van der Waals surface area (Å²) in [5.41, 5.74) is 2.39. The molecule has 0 spiro atoms. The van der Waals surface area contributed by atoms with Gasteiger partial charge in [-0.05, 0) is 13.0 Å². The van der Waals surface area contributed by atoms with Crippen molar-refractivity contribution in [2.75, 3.05) is 7.11 Å². The molecule has 2 aromatic heterocycles. The predicted octanol–water partition coefficient (Wildman–Crippen LogP) is 1.51. The highest BCUT2D eigenvalue weighted by Crippen LogP contribution is 2.13. The van der Waals surface area contributed by atoms with E-state index >= 15 is 0 Å². The lowest BCUT2D eigenvalue weighted by molar-refractivity contribution is 0.0599. The van der Waals surface area contributed by atoms with Crippen LogP contribution in [0.4, 0.5) is 0 Å². The second-order valence-electron chi connectivity index (χ2n) is 4.36. The predicted molar refractivity (Wildman–Crippen MR) is 77.3 cm³/mol. The van der Waals surface area contributed by atoms with E-state index in [1.54, 1.807) is 5.51 Å². The van der Waals surface area contributed by atoms with Crippen molar-refractivity contribution >= 4 is 17.3 Å². The van der Waals surface area contributed by atoms with Crippen molar-refractivity contribution in [2.45, 2.75) is 19.9 Å². The van der Waals surface area contributed by atoms with Gasteiger partial charge in [0.15, 0.2) is 0 Å². The van der Waals surface area contributed by atoms with Gasteiger partial charge in [0.25, 0.3) is 5.56 Å². The summed E-state index contributed by atoms with van der Waals surface area (Å²) < 4.78 is 5.99. The first-order valence-corrected chi connectivity index (χ1v) is 7.06. The Kier molecular flexibility index (Phi) is 4.50. The fourth-order valence-electron chi connectivity index (χ4n) is 1.90. The molecule has 0 amide bonds. The molecular formula is C14H13N3O3S. The summed E-state index contributed by atoms with van der Waals surface area (Å²) in [6.07, 6.45) is 2.04. The van der Waals surface area contributed by atoms with E-state index < -0.39 is 11.5 Å². The molecule has 0 fully saturated rings. The third-order valence-corrected chi connectivity index (χ3v) is 4.05. The van der Waals surface area contributed by atoms with Gasteiger partial charge in [-0.1, -0.05) is 0 Å². The second-order valence-corrected chi connectivity index (χ2v) is 5.29. The van der Waals surface area contributed by atoms with E-state index in [9.17, 15) is 9.59 Å². The number of thiazole rings is 1. The first-order chi connectivity index (χ1) is 10.1. The minimum absolute atomic E-state index is 0.0704. The fourth-order valence-corrected chi connectivity index (χ4v) is 2.67. The van der Waals surface area contributed by atoms with Gasteiger partial charge in [-0.25, -0.2) is 9.78 Å². The molecule has 0 aliphatic heterocycles. The Morgan fingerprint density at radius 2 is 2.33 bits per heavy atom. The maximum absolute atomic E-state index is 12.1. The number of aryl methyl sites for hydroxylation is 3. The Hall–Kier alpha value is -2.46. The van der Waals surface area contributed by atoms with Crippen molar-refractivity contribution in [3.8, 4) is 6.07 Å². The van der Waals surface area contributed by atoms with E-state index in [-0.39, 0.29) is 11.1 Å². The van der Waals surface area contributed by atoms with Crippen molar-refractivity contribution in [3.05, 3.63) is 49.8 Å². The number of nitrogens with zero attached hydrogens (tertiary/aromatic N) is 3. The third-order valence-electron chi connectivity index (χ3n) is 3.05. The van der Waals surface area contributed by atoms with Gasteiger partial charge in [-0.2, -0.15) is 5.26 Å². The van der Waals surface area contributed by atoms with E-state index in [1.165, 1.54) is 35.3 Å². The summed E-state index contributed by atoms with van der Waals surface area (Å²) >= 11 is 1.52. The number of methoxy groups -OCH3 is 1. The fraction of sp³-hybridized carbons (Fsp3) is 0.286. The van der Waals surface area contributed by atoms with Crippen LogP contribution < -0.4 is 5.56 Å². The molecule has 6 nitrogen and oxygen atoms in total. The van der Waals surface area contributed by atoms with E-state index in [0.717, 1.165) is 10.6 Å². The summed E-state index contributed by atoms with van der Waals surface area (Å²) in [4.78, 5) is 28.9. The topological polar surface area (TPSA) is 85.0 Å². The Morgan fingerprint density at radius 1 is 1.57 bits per heavy atom. The zero-order valence-electron chi connectivity index (χ0n) is 11.6. The number of rotatable bonds is 4. The summed E-state index contributed by atoms with van der Waals surface area (Å²) in [5.74, 6) is -0.575. The van der Waals surface area contributed by atoms with Gasteiger partial charge >= 0.3 is 5.97 Å². The molecule has 2 rings (SSSR count). The maximum atomic E-state index is 12.1. The quantitative estimate of drug-likeness (QED) is 0.799. The lowest BCUT2D eigenvalue weighted by Crippen LogP contribution is -2.25. The summed E-state index contributed by atoms with van der Waals surface area (Å²) in [5, 5.41) is 8.99. The van der Waals surface area contributed by atoms with Crippen LogP contribution in [0.5, 0.6) is 0 Å². The van der Waals surface area contributed by atoms with Crippen molar-refractivity contribution in [3.63, 3.8) is 0 Å². The molecule has 0 unspecified atom stereocenters. The van der Waals surface area contributed by atoms with Crippen molar-refractivity contribution in [1.29, 1.82) is 5.26 Å². The van der Waals surface area contributed by atoms with Gasteiger partial charge < -0.3 is 9.30 Å². The van der Waals surface area contributed by atoms with Crippen LogP contribution >= 0.6 is 11.3 Å². The zero-order valence-corrected chi connectivity index (χ0v) is 12.4. The summed E-state index contributed by atoms with van der Waals surface area (Å²) in [6, 6.07) is 3.06. The maximum Gasteiger partial charge on any atom is 0.339 e. The van der Waals surface area contributed by atoms with Gasteiger partial charge in [-0.3, -0.25) is 4.79 Å². The largest absolute Gasteiger partial charge is 0.465 e. The number of pyridine rings is 1. The van der Waals surface area contributed by atoms with E-state index in [0.29, 0.717) is 13.0 Å². The van der Waals surface area contributed by atoms with E-state index in [2.05, 4.69) is 9.72 Å². The minimum atomic E-state index is -0.575. The van der Waals surface area contributed by atoms with Crippen LogP contribution in [0, 0.1) is 18.3 Å². The highest BCUT2D eigenvalue weighted by atomic mass is 32.1. The SMILES string of the molecule is COC(=O)c1cc(C#N)c(=O)n(CCc2scnc2C)c1. The lowest BCUT2D eigenvalue weighted by Gasteiger charge is -2.08. The molecule has 2 heterocycles. The number of hydrogen-bond donors (Lipinski definition) is 0. The second kappa shape index (κ2) is 6.33. The molecule has 0 N–H and O–H groups in total. The molecule has 0 aliphatic carbocycles. The molecule has 0 aliphatic rings. The van der Waals surface area contributed by atoms with Gasteiger partial charge in [0.2, 0.25) is 0 Å².